The van der Waals surface area contributed by atoms with Crippen molar-refractivity contribution in [3.05, 3.63) is 71.0 Å². The van der Waals surface area contributed by atoms with Crippen molar-refractivity contribution in [1.29, 1.82) is 0 Å². The summed E-state index contributed by atoms with van der Waals surface area (Å²) >= 11 is 0. The van der Waals surface area contributed by atoms with E-state index in [1.54, 1.807) is 4.90 Å². The lowest BCUT2D eigenvalue weighted by Gasteiger charge is -2.42. The van der Waals surface area contributed by atoms with Crippen LogP contribution in [-0.4, -0.2) is 130 Å². The highest BCUT2D eigenvalue weighted by atomic mass is 19.1. The number of carbonyl (C=O) groups is 4. The number of hydrogen-bond acceptors (Lipinski definition) is 8. The number of likely N-dealkylation sites (tertiary alicyclic amines) is 1. The fraction of sp³-hybridized carbons (Fsp3) is 0.515. The van der Waals surface area contributed by atoms with Crippen LogP contribution in [0.5, 0.6) is 0 Å². The number of benzene rings is 2. The zero-order chi connectivity index (χ0) is 32.1. The number of rotatable bonds is 2. The van der Waals surface area contributed by atoms with Crippen LogP contribution in [0.4, 0.5) is 4.39 Å². The molecule has 2 aromatic rings. The molecule has 2 aromatic carbocycles. The molecule has 4 N–H and O–H groups in total. The molecule has 0 radical (unpaired) electrons. The Morgan fingerprint density at radius 2 is 1.57 bits per heavy atom. The Balaban J connectivity index is 1.19. The number of aliphatic hydroxyl groups is 2. The molecule has 4 fully saturated rings. The lowest BCUT2D eigenvalue weighted by molar-refractivity contribution is -0.142. The monoisotopic (exact) mass is 635 g/mol. The van der Waals surface area contributed by atoms with Crippen molar-refractivity contribution in [3.63, 3.8) is 0 Å². The predicted octanol–water partition coefficient (Wildman–Crippen LogP) is -0.786. The van der Waals surface area contributed by atoms with Crippen LogP contribution in [0.25, 0.3) is 0 Å². The molecule has 1 aliphatic carbocycles. The molecule has 0 saturated carbocycles. The third kappa shape index (κ3) is 5.76. The van der Waals surface area contributed by atoms with Crippen LogP contribution in [0.3, 0.4) is 0 Å². The quantitative estimate of drug-likeness (QED) is 0.336. The maximum atomic E-state index is 14.3. The fourth-order valence-corrected chi connectivity index (χ4v) is 7.75. The Bertz CT molecular complexity index is 1500. The summed E-state index contributed by atoms with van der Waals surface area (Å²) in [5.41, 5.74) is 2.67. The Morgan fingerprint density at radius 3 is 2.28 bits per heavy atom. The van der Waals surface area contributed by atoms with Gasteiger partial charge in [-0.2, -0.15) is 0 Å². The number of nitrogens with zero attached hydrogens (tertiary/aromatic N) is 3. The fourth-order valence-electron chi connectivity index (χ4n) is 7.75. The summed E-state index contributed by atoms with van der Waals surface area (Å²) in [5, 5.41) is 27.1. The minimum Gasteiger partial charge on any atom is -0.388 e. The van der Waals surface area contributed by atoms with E-state index in [0.29, 0.717) is 13.0 Å². The van der Waals surface area contributed by atoms with E-state index in [0.717, 1.165) is 12.8 Å². The van der Waals surface area contributed by atoms with Gasteiger partial charge in [-0.15, -0.1) is 0 Å². The van der Waals surface area contributed by atoms with Crippen molar-refractivity contribution < 1.29 is 38.5 Å². The standard InChI is InChI=1S/C33H38FN5O7/c34-21-7-5-18(6-8-21)32(44)38-10-9-37-17-25(38)31(43)35-15-27-30(42)29(41)26(46-27)14-28(40)36-22-13-24(33(37)45)39(16-22)23-11-19-3-1-2-4-20(19)12-23/h1-8,22-27,29-30,41-42H,9-17H2,(H,35,43)(H,36,40)/t22-,24-,25-,26-,27+,29-,30+/m0/s1. The molecule has 4 heterocycles. The van der Waals surface area contributed by atoms with Crippen molar-refractivity contribution in [2.24, 2.45) is 0 Å². The van der Waals surface area contributed by atoms with Gasteiger partial charge in [0, 0.05) is 43.8 Å². The molecule has 0 unspecified atom stereocenters. The van der Waals surface area contributed by atoms with Crippen molar-refractivity contribution in [1.82, 2.24) is 25.3 Å². The highest BCUT2D eigenvalue weighted by molar-refractivity contribution is 5.98. The summed E-state index contributed by atoms with van der Waals surface area (Å²) in [6.45, 7) is 0.473. The average molecular weight is 636 g/mol. The number of aliphatic hydroxyl groups excluding tert-OH is 2. The van der Waals surface area contributed by atoms with Gasteiger partial charge in [0.15, 0.2) is 0 Å². The molecule has 13 heteroatoms. The molecular formula is C33H38FN5O7. The van der Waals surface area contributed by atoms with E-state index in [9.17, 15) is 33.8 Å². The molecule has 7 atom stereocenters. The second-order valence-corrected chi connectivity index (χ2v) is 13.0. The van der Waals surface area contributed by atoms with E-state index in [2.05, 4.69) is 27.7 Å². The molecule has 244 valence electrons. The Labute approximate surface area is 265 Å². The molecule has 5 aliphatic rings. The van der Waals surface area contributed by atoms with Gasteiger partial charge in [-0.05, 0) is 54.7 Å². The predicted molar refractivity (Wildman–Crippen MR) is 161 cm³/mol. The number of piperazine rings is 1. The summed E-state index contributed by atoms with van der Waals surface area (Å²) in [6, 6.07) is 11.4. The van der Waals surface area contributed by atoms with Gasteiger partial charge in [0.05, 0.1) is 25.1 Å². The molecule has 4 aliphatic heterocycles. The lowest BCUT2D eigenvalue weighted by Crippen LogP contribution is -2.63. The van der Waals surface area contributed by atoms with Crippen LogP contribution in [-0.2, 0) is 32.0 Å². The average Bonchev–Trinajstić information content (AvgIpc) is 3.75. The third-order valence-electron chi connectivity index (χ3n) is 10.2. The van der Waals surface area contributed by atoms with E-state index >= 15 is 0 Å². The van der Waals surface area contributed by atoms with Crippen LogP contribution in [0, 0.1) is 5.82 Å². The van der Waals surface area contributed by atoms with Gasteiger partial charge in [0.25, 0.3) is 5.91 Å². The number of carbonyl (C=O) groups excluding carboxylic acids is 4. The van der Waals surface area contributed by atoms with Crippen LogP contribution < -0.4 is 10.6 Å². The molecule has 0 aromatic heterocycles. The molecular weight excluding hydrogens is 597 g/mol. The number of fused-ring (bicyclic) bond motifs is 7. The summed E-state index contributed by atoms with van der Waals surface area (Å²) in [4.78, 5) is 59.9. The smallest absolute Gasteiger partial charge is 0.254 e. The van der Waals surface area contributed by atoms with Crippen molar-refractivity contribution >= 4 is 23.6 Å². The van der Waals surface area contributed by atoms with Crippen LogP contribution in [0.15, 0.2) is 48.5 Å². The lowest BCUT2D eigenvalue weighted by atomic mass is 10.0. The highest BCUT2D eigenvalue weighted by Crippen LogP contribution is 2.32. The maximum absolute atomic E-state index is 14.3. The topological polar surface area (TPSA) is 152 Å². The number of ether oxygens (including phenoxy) is 1. The molecule has 4 amide bonds. The van der Waals surface area contributed by atoms with E-state index < -0.39 is 54.1 Å². The largest absolute Gasteiger partial charge is 0.388 e. The first-order valence-corrected chi connectivity index (χ1v) is 15.9. The second kappa shape index (κ2) is 12.4. The Morgan fingerprint density at radius 1 is 0.870 bits per heavy atom. The molecule has 46 heavy (non-hydrogen) atoms. The zero-order valence-electron chi connectivity index (χ0n) is 25.3. The summed E-state index contributed by atoms with van der Waals surface area (Å²) < 4.78 is 19.4. The van der Waals surface area contributed by atoms with Crippen LogP contribution in [0.1, 0.15) is 34.3 Å². The highest BCUT2D eigenvalue weighted by Gasteiger charge is 2.48. The van der Waals surface area contributed by atoms with Crippen LogP contribution in [0.2, 0.25) is 0 Å². The van der Waals surface area contributed by atoms with Gasteiger partial charge in [0.1, 0.15) is 30.2 Å². The first kappa shape index (κ1) is 30.7. The van der Waals surface area contributed by atoms with E-state index in [-0.39, 0.29) is 62.1 Å². The minimum atomic E-state index is -1.34. The van der Waals surface area contributed by atoms with Crippen molar-refractivity contribution in [2.45, 2.75) is 74.3 Å². The van der Waals surface area contributed by atoms with Gasteiger partial charge >= 0.3 is 0 Å². The first-order valence-electron chi connectivity index (χ1n) is 15.9. The van der Waals surface area contributed by atoms with Crippen LogP contribution >= 0.6 is 0 Å². The Kier molecular flexibility index (Phi) is 8.26. The third-order valence-corrected chi connectivity index (χ3v) is 10.2. The molecule has 0 spiro atoms. The summed E-state index contributed by atoms with van der Waals surface area (Å²) in [6.07, 6.45) is -2.93. The summed E-state index contributed by atoms with van der Waals surface area (Å²) in [5.74, 6) is -2.04. The van der Waals surface area contributed by atoms with Gasteiger partial charge in [-0.1, -0.05) is 24.3 Å². The van der Waals surface area contributed by atoms with E-state index in [1.165, 1.54) is 40.3 Å². The second-order valence-electron chi connectivity index (χ2n) is 13.0. The minimum absolute atomic E-state index is 0.0478. The molecule has 6 bridgehead atoms. The van der Waals surface area contributed by atoms with Gasteiger partial charge in [-0.25, -0.2) is 4.39 Å². The number of halogens is 1. The Hall–Kier alpha value is -3.91. The zero-order valence-corrected chi connectivity index (χ0v) is 25.3. The SMILES string of the molecule is O=C1C[C@@H]2O[C@H](CNC(=O)[C@@H]3CN(CCN3C(=O)c3ccc(F)cc3)C(=O)[C@@H]3C[C@@H](CN3C3Cc4ccccc4C3)N1)[C@@H](O)[C@H]2O. The van der Waals surface area contributed by atoms with Crippen molar-refractivity contribution in [2.75, 3.05) is 32.7 Å². The molecule has 7 rings (SSSR count). The number of amides is 4. The van der Waals surface area contributed by atoms with Crippen molar-refractivity contribution in [3.8, 4) is 0 Å². The van der Waals surface area contributed by atoms with E-state index in [4.69, 9.17) is 4.74 Å². The summed E-state index contributed by atoms with van der Waals surface area (Å²) in [7, 11) is 0. The molecule has 4 saturated heterocycles. The van der Waals surface area contributed by atoms with Gasteiger partial charge in [0.2, 0.25) is 17.7 Å². The number of nitrogens with one attached hydrogen (secondary N) is 2. The number of hydrogen-bond donors (Lipinski definition) is 4. The van der Waals surface area contributed by atoms with Gasteiger partial charge < -0.3 is 35.4 Å². The van der Waals surface area contributed by atoms with E-state index in [1.807, 2.05) is 12.1 Å². The van der Waals surface area contributed by atoms with Gasteiger partial charge in [-0.3, -0.25) is 24.1 Å². The normalized spacial score (nSPS) is 32.3. The maximum Gasteiger partial charge on any atom is 0.254 e. The first-order chi connectivity index (χ1) is 22.2. The molecule has 12 nitrogen and oxygen atoms in total.